The minimum atomic E-state index is -0.653. The largest absolute Gasteiger partial charge is 0.496 e. The Hall–Kier alpha value is -2.63. The molecule has 0 aliphatic heterocycles. The maximum atomic E-state index is 12.2. The number of carbonyl (C=O) groups excluding carboxylic acids is 1. The molecule has 1 aromatic heterocycles. The first kappa shape index (κ1) is 16.7. The highest BCUT2D eigenvalue weighted by atomic mass is 16.5. The molecule has 1 amide bonds. The second kappa shape index (κ2) is 7.58. The average molecular weight is 315 g/mol. The van der Waals surface area contributed by atoms with Gasteiger partial charge in [-0.15, -0.1) is 0 Å². The fourth-order valence-electron chi connectivity index (χ4n) is 2.29. The van der Waals surface area contributed by atoms with Crippen LogP contribution in [0.4, 0.5) is 0 Å². The van der Waals surface area contributed by atoms with E-state index in [1.165, 1.54) is 10.7 Å². The molecular weight excluding hydrogens is 294 g/mol. The Morgan fingerprint density at radius 2 is 2.04 bits per heavy atom. The normalized spacial score (nSPS) is 11.8. The van der Waals surface area contributed by atoms with Gasteiger partial charge in [-0.1, -0.05) is 18.2 Å². The Kier molecular flexibility index (Phi) is 5.51. The lowest BCUT2D eigenvalue weighted by Gasteiger charge is -2.14. The van der Waals surface area contributed by atoms with Gasteiger partial charge in [0.1, 0.15) is 11.8 Å². The fraction of sp³-hybridized carbons (Fsp3) is 0.353. The minimum absolute atomic E-state index is 0.236. The van der Waals surface area contributed by atoms with Gasteiger partial charge in [0.15, 0.2) is 0 Å². The summed E-state index contributed by atoms with van der Waals surface area (Å²) in [5.41, 5.74) is 1.43. The number of hydrogen-bond acceptors (Lipinski definition) is 4. The van der Waals surface area contributed by atoms with E-state index in [9.17, 15) is 9.59 Å². The molecule has 23 heavy (non-hydrogen) atoms. The summed E-state index contributed by atoms with van der Waals surface area (Å²) in [6.07, 6.45) is 0.651. The van der Waals surface area contributed by atoms with Crippen molar-refractivity contribution >= 4 is 5.91 Å². The molecule has 0 spiro atoms. The van der Waals surface area contributed by atoms with E-state index in [-0.39, 0.29) is 11.5 Å². The van der Waals surface area contributed by atoms with E-state index in [0.29, 0.717) is 18.7 Å². The smallest absolute Gasteiger partial charge is 0.267 e. The number of ether oxygens (including phenoxy) is 1. The molecule has 0 saturated carbocycles. The molecule has 1 heterocycles. The molecule has 6 nitrogen and oxygen atoms in total. The Morgan fingerprint density at radius 3 is 2.78 bits per heavy atom. The average Bonchev–Trinajstić information content (AvgIpc) is 2.56. The molecule has 0 radical (unpaired) electrons. The monoisotopic (exact) mass is 315 g/mol. The molecule has 0 fully saturated rings. The van der Waals surface area contributed by atoms with Gasteiger partial charge in [0.2, 0.25) is 5.91 Å². The molecule has 2 aromatic rings. The number of rotatable bonds is 6. The lowest BCUT2D eigenvalue weighted by Crippen LogP contribution is -2.37. The lowest BCUT2D eigenvalue weighted by atomic mass is 10.1. The molecule has 6 heteroatoms. The Balaban J connectivity index is 1.97. The van der Waals surface area contributed by atoms with Crippen LogP contribution in [0, 0.1) is 6.92 Å². The summed E-state index contributed by atoms with van der Waals surface area (Å²) in [4.78, 5) is 24.0. The van der Waals surface area contributed by atoms with Gasteiger partial charge in [0.25, 0.3) is 5.56 Å². The van der Waals surface area contributed by atoms with Crippen molar-refractivity contribution in [2.45, 2.75) is 26.3 Å². The molecule has 122 valence electrons. The SMILES string of the molecule is COc1ccccc1CCNC(=O)[C@H](C)n1nc(C)ccc1=O. The minimum Gasteiger partial charge on any atom is -0.496 e. The predicted molar refractivity (Wildman–Crippen MR) is 87.7 cm³/mol. The molecule has 1 atom stereocenters. The van der Waals surface area contributed by atoms with E-state index in [0.717, 1.165) is 11.3 Å². The molecule has 1 N–H and O–H groups in total. The third-order valence-corrected chi connectivity index (χ3v) is 3.59. The number of aryl methyl sites for hydroxylation is 1. The second-order valence-corrected chi connectivity index (χ2v) is 5.29. The number of nitrogens with one attached hydrogen (secondary N) is 1. The summed E-state index contributed by atoms with van der Waals surface area (Å²) in [7, 11) is 1.62. The van der Waals surface area contributed by atoms with Crippen LogP contribution in [-0.2, 0) is 11.2 Å². The Morgan fingerprint density at radius 1 is 1.30 bits per heavy atom. The van der Waals surface area contributed by atoms with Crippen LogP contribution in [0.2, 0.25) is 0 Å². The zero-order valence-electron chi connectivity index (χ0n) is 13.6. The number of hydrogen-bond donors (Lipinski definition) is 1. The number of nitrogens with zero attached hydrogens (tertiary/aromatic N) is 2. The van der Waals surface area contributed by atoms with Crippen LogP contribution in [0.5, 0.6) is 5.75 Å². The molecule has 1 aromatic carbocycles. The molecule has 0 bridgehead atoms. The van der Waals surface area contributed by atoms with Crippen molar-refractivity contribution in [3.63, 3.8) is 0 Å². The van der Waals surface area contributed by atoms with Crippen molar-refractivity contribution in [1.82, 2.24) is 15.1 Å². The van der Waals surface area contributed by atoms with Gasteiger partial charge in [-0.25, -0.2) is 4.68 Å². The van der Waals surface area contributed by atoms with Crippen molar-refractivity contribution in [2.24, 2.45) is 0 Å². The van der Waals surface area contributed by atoms with E-state index < -0.39 is 6.04 Å². The summed E-state index contributed by atoms with van der Waals surface area (Å²) in [5.74, 6) is 0.562. The van der Waals surface area contributed by atoms with Crippen LogP contribution in [-0.4, -0.2) is 29.3 Å². The molecule has 0 aliphatic carbocycles. The summed E-state index contributed by atoms with van der Waals surface area (Å²) in [6.45, 7) is 3.90. The van der Waals surface area contributed by atoms with Crippen molar-refractivity contribution in [2.75, 3.05) is 13.7 Å². The standard InChI is InChI=1S/C17H21N3O3/c1-12-8-9-16(21)20(19-12)13(2)17(22)18-11-10-14-6-4-5-7-15(14)23-3/h4-9,13H,10-11H2,1-3H3,(H,18,22)/t13-/m0/s1. The molecule has 0 saturated heterocycles. The zero-order valence-corrected chi connectivity index (χ0v) is 13.6. The van der Waals surface area contributed by atoms with Gasteiger partial charge in [-0.05, 0) is 38.0 Å². The highest BCUT2D eigenvalue weighted by Crippen LogP contribution is 2.17. The zero-order chi connectivity index (χ0) is 16.8. The van der Waals surface area contributed by atoms with E-state index in [4.69, 9.17) is 4.74 Å². The number of carbonyl (C=O) groups is 1. The maximum absolute atomic E-state index is 12.2. The van der Waals surface area contributed by atoms with Gasteiger partial charge in [-0.2, -0.15) is 5.10 Å². The summed E-state index contributed by atoms with van der Waals surface area (Å²) in [5, 5.41) is 6.94. The maximum Gasteiger partial charge on any atom is 0.267 e. The number of amides is 1. The number of benzene rings is 1. The quantitative estimate of drug-likeness (QED) is 0.876. The van der Waals surface area contributed by atoms with Crippen LogP contribution >= 0.6 is 0 Å². The van der Waals surface area contributed by atoms with Crippen LogP contribution in [0.1, 0.15) is 24.2 Å². The molecule has 0 aliphatic rings. The van der Waals surface area contributed by atoms with Crippen molar-refractivity contribution in [3.8, 4) is 5.75 Å². The van der Waals surface area contributed by atoms with E-state index >= 15 is 0 Å². The fourth-order valence-corrected chi connectivity index (χ4v) is 2.29. The highest BCUT2D eigenvalue weighted by Gasteiger charge is 2.17. The first-order valence-corrected chi connectivity index (χ1v) is 7.49. The van der Waals surface area contributed by atoms with E-state index in [1.807, 2.05) is 24.3 Å². The summed E-state index contributed by atoms with van der Waals surface area (Å²) < 4.78 is 6.48. The van der Waals surface area contributed by atoms with Gasteiger partial charge in [0, 0.05) is 12.6 Å². The first-order valence-electron chi connectivity index (χ1n) is 7.49. The highest BCUT2D eigenvalue weighted by molar-refractivity contribution is 5.79. The summed E-state index contributed by atoms with van der Waals surface area (Å²) in [6, 6.07) is 10.1. The third kappa shape index (κ3) is 4.18. The van der Waals surface area contributed by atoms with Crippen molar-refractivity contribution in [3.05, 3.63) is 58.0 Å². The predicted octanol–water partition coefficient (Wildman–Crippen LogP) is 1.48. The van der Waals surface area contributed by atoms with E-state index in [2.05, 4.69) is 10.4 Å². The second-order valence-electron chi connectivity index (χ2n) is 5.29. The number of para-hydroxylation sites is 1. The van der Waals surface area contributed by atoms with Crippen molar-refractivity contribution in [1.29, 1.82) is 0 Å². The topological polar surface area (TPSA) is 73.2 Å². The number of methoxy groups -OCH3 is 1. The summed E-state index contributed by atoms with van der Waals surface area (Å²) >= 11 is 0. The lowest BCUT2D eigenvalue weighted by molar-refractivity contribution is -0.124. The van der Waals surface area contributed by atoms with Gasteiger partial charge in [-0.3, -0.25) is 9.59 Å². The number of aromatic nitrogens is 2. The molecular formula is C17H21N3O3. The van der Waals surface area contributed by atoms with Gasteiger partial charge in [0.05, 0.1) is 12.8 Å². The Labute approximate surface area is 135 Å². The van der Waals surface area contributed by atoms with Crippen molar-refractivity contribution < 1.29 is 9.53 Å². The van der Waals surface area contributed by atoms with Crippen LogP contribution < -0.4 is 15.6 Å². The van der Waals surface area contributed by atoms with Crippen LogP contribution in [0.3, 0.4) is 0 Å². The van der Waals surface area contributed by atoms with E-state index in [1.54, 1.807) is 27.0 Å². The third-order valence-electron chi connectivity index (χ3n) is 3.59. The van der Waals surface area contributed by atoms with Gasteiger partial charge < -0.3 is 10.1 Å². The molecule has 2 rings (SSSR count). The van der Waals surface area contributed by atoms with Crippen LogP contribution in [0.15, 0.2) is 41.2 Å². The first-order chi connectivity index (χ1) is 11.0. The van der Waals surface area contributed by atoms with Crippen LogP contribution in [0.25, 0.3) is 0 Å². The van der Waals surface area contributed by atoms with Gasteiger partial charge >= 0.3 is 0 Å². The Bertz CT molecular complexity index is 740. The molecule has 0 unspecified atom stereocenters.